The van der Waals surface area contributed by atoms with Crippen LogP contribution < -0.4 is 15.5 Å². The Hall–Kier alpha value is -2.63. The quantitative estimate of drug-likeness (QED) is 0.907. The molecule has 1 aliphatic rings. The van der Waals surface area contributed by atoms with Crippen molar-refractivity contribution in [2.24, 2.45) is 5.92 Å². The largest absolute Gasteiger partial charge is 0.341 e. The number of urea groups is 1. The second-order valence-electron chi connectivity index (χ2n) is 6.18. The molecule has 0 spiro atoms. The number of amides is 2. The first kappa shape index (κ1) is 16.2. The van der Waals surface area contributed by atoms with Gasteiger partial charge in [0.15, 0.2) is 0 Å². The van der Waals surface area contributed by atoms with Gasteiger partial charge in [-0.3, -0.25) is 0 Å². The number of aryl methyl sites for hydroxylation is 1. The monoisotopic (exact) mass is 325 g/mol. The lowest BCUT2D eigenvalue weighted by molar-refractivity contribution is 0.248. The summed E-state index contributed by atoms with van der Waals surface area (Å²) in [5.74, 6) is 1.29. The number of rotatable bonds is 4. The van der Waals surface area contributed by atoms with Crippen LogP contribution in [-0.2, 0) is 0 Å². The van der Waals surface area contributed by atoms with Gasteiger partial charge in [0.1, 0.15) is 0 Å². The number of hydrogen-bond acceptors (Lipinski definition) is 4. The normalized spacial score (nSPS) is 15.1. The Morgan fingerprint density at radius 3 is 2.50 bits per heavy atom. The number of hydrogen-bond donors (Lipinski definition) is 2. The Balaban J connectivity index is 1.40. The highest BCUT2D eigenvalue weighted by molar-refractivity contribution is 5.89. The van der Waals surface area contributed by atoms with Crippen molar-refractivity contribution < 1.29 is 4.79 Å². The van der Waals surface area contributed by atoms with Crippen molar-refractivity contribution >= 4 is 17.7 Å². The standard InChI is InChI=1S/C18H23N5O/c1-14-3-5-16(6-4-14)22-18(24)21-13-15-7-11-23(12-8-15)17-19-9-2-10-20-17/h2-6,9-10,15H,7-8,11-13H2,1H3,(H2,21,22,24). The fourth-order valence-corrected chi connectivity index (χ4v) is 2.84. The predicted molar refractivity (Wildman–Crippen MR) is 95.2 cm³/mol. The fraction of sp³-hybridized carbons (Fsp3) is 0.389. The van der Waals surface area contributed by atoms with Crippen LogP contribution in [0.5, 0.6) is 0 Å². The van der Waals surface area contributed by atoms with E-state index in [1.54, 1.807) is 12.4 Å². The van der Waals surface area contributed by atoms with Crippen LogP contribution in [0.15, 0.2) is 42.7 Å². The van der Waals surface area contributed by atoms with E-state index in [1.165, 1.54) is 5.56 Å². The fourth-order valence-electron chi connectivity index (χ4n) is 2.84. The van der Waals surface area contributed by atoms with E-state index >= 15 is 0 Å². The maximum absolute atomic E-state index is 12.0. The Morgan fingerprint density at radius 2 is 1.83 bits per heavy atom. The molecule has 0 aliphatic carbocycles. The Bertz CT molecular complexity index is 651. The Morgan fingerprint density at radius 1 is 1.17 bits per heavy atom. The molecular weight excluding hydrogens is 302 g/mol. The van der Waals surface area contributed by atoms with Gasteiger partial charge in [-0.2, -0.15) is 0 Å². The highest BCUT2D eigenvalue weighted by atomic mass is 16.2. The zero-order valence-corrected chi connectivity index (χ0v) is 13.9. The van der Waals surface area contributed by atoms with Crippen molar-refractivity contribution in [1.29, 1.82) is 0 Å². The van der Waals surface area contributed by atoms with E-state index in [-0.39, 0.29) is 6.03 Å². The van der Waals surface area contributed by atoms with E-state index in [4.69, 9.17) is 0 Å². The smallest absolute Gasteiger partial charge is 0.319 e. The Labute approximate surface area is 142 Å². The van der Waals surface area contributed by atoms with Crippen molar-refractivity contribution in [3.05, 3.63) is 48.3 Å². The lowest BCUT2D eigenvalue weighted by Crippen LogP contribution is -2.40. The lowest BCUT2D eigenvalue weighted by Gasteiger charge is -2.31. The predicted octanol–water partition coefficient (Wildman–Crippen LogP) is 2.82. The highest BCUT2D eigenvalue weighted by Gasteiger charge is 2.21. The van der Waals surface area contributed by atoms with Gasteiger partial charge in [-0.05, 0) is 43.9 Å². The van der Waals surface area contributed by atoms with Crippen LogP contribution in [-0.4, -0.2) is 35.6 Å². The zero-order valence-electron chi connectivity index (χ0n) is 13.9. The molecule has 0 unspecified atom stereocenters. The minimum atomic E-state index is -0.146. The molecule has 1 fully saturated rings. The van der Waals surface area contributed by atoms with Gasteiger partial charge in [-0.15, -0.1) is 0 Å². The number of benzene rings is 1. The number of piperidine rings is 1. The average Bonchev–Trinajstić information content (AvgIpc) is 2.63. The summed E-state index contributed by atoms with van der Waals surface area (Å²) in [5.41, 5.74) is 1.99. The van der Waals surface area contributed by atoms with E-state index < -0.39 is 0 Å². The number of nitrogens with zero attached hydrogens (tertiary/aromatic N) is 3. The lowest BCUT2D eigenvalue weighted by atomic mass is 9.97. The number of carbonyl (C=O) groups is 1. The summed E-state index contributed by atoms with van der Waals surface area (Å²) in [5, 5.41) is 5.83. The first-order chi connectivity index (χ1) is 11.7. The van der Waals surface area contributed by atoms with Crippen molar-refractivity contribution in [1.82, 2.24) is 15.3 Å². The molecule has 0 saturated carbocycles. The summed E-state index contributed by atoms with van der Waals surface area (Å²) in [7, 11) is 0. The van der Waals surface area contributed by atoms with Crippen molar-refractivity contribution in [3.8, 4) is 0 Å². The Kier molecular flexibility index (Phi) is 5.25. The molecule has 6 heteroatoms. The molecule has 2 aromatic rings. The third-order valence-corrected chi connectivity index (χ3v) is 4.31. The van der Waals surface area contributed by atoms with Crippen LogP contribution in [0.1, 0.15) is 18.4 Å². The zero-order chi connectivity index (χ0) is 16.8. The van der Waals surface area contributed by atoms with Gasteiger partial charge < -0.3 is 15.5 Å². The van der Waals surface area contributed by atoms with E-state index in [0.29, 0.717) is 12.5 Å². The van der Waals surface area contributed by atoms with Crippen LogP contribution >= 0.6 is 0 Å². The summed E-state index contributed by atoms with van der Waals surface area (Å²) >= 11 is 0. The summed E-state index contributed by atoms with van der Waals surface area (Å²) < 4.78 is 0. The van der Waals surface area contributed by atoms with Gasteiger partial charge in [0, 0.05) is 37.7 Å². The second-order valence-corrected chi connectivity index (χ2v) is 6.18. The number of carbonyl (C=O) groups excluding carboxylic acids is 1. The van der Waals surface area contributed by atoms with Crippen LogP contribution in [0.25, 0.3) is 0 Å². The first-order valence-corrected chi connectivity index (χ1v) is 8.34. The molecule has 1 aromatic carbocycles. The molecule has 6 nitrogen and oxygen atoms in total. The van der Waals surface area contributed by atoms with Crippen LogP contribution in [0.3, 0.4) is 0 Å². The highest BCUT2D eigenvalue weighted by Crippen LogP contribution is 2.19. The summed E-state index contributed by atoms with van der Waals surface area (Å²) in [4.78, 5) is 22.7. The molecule has 1 aromatic heterocycles. The molecule has 24 heavy (non-hydrogen) atoms. The van der Waals surface area contributed by atoms with Gasteiger partial charge in [-0.1, -0.05) is 17.7 Å². The number of aromatic nitrogens is 2. The molecule has 2 N–H and O–H groups in total. The molecule has 0 radical (unpaired) electrons. The van der Waals surface area contributed by atoms with Crippen LogP contribution in [0.4, 0.5) is 16.4 Å². The molecule has 0 bridgehead atoms. The maximum Gasteiger partial charge on any atom is 0.319 e. The van der Waals surface area contributed by atoms with E-state index in [1.807, 2.05) is 37.3 Å². The van der Waals surface area contributed by atoms with E-state index in [9.17, 15) is 4.79 Å². The maximum atomic E-state index is 12.0. The molecular formula is C18H23N5O. The van der Waals surface area contributed by atoms with Gasteiger partial charge >= 0.3 is 6.03 Å². The summed E-state index contributed by atoms with van der Waals surface area (Å²) in [6.07, 6.45) is 5.60. The first-order valence-electron chi connectivity index (χ1n) is 8.34. The van der Waals surface area contributed by atoms with Crippen LogP contribution in [0, 0.1) is 12.8 Å². The molecule has 1 aliphatic heterocycles. The summed E-state index contributed by atoms with van der Waals surface area (Å²) in [6, 6.07) is 9.47. The van der Waals surface area contributed by atoms with Gasteiger partial charge in [0.2, 0.25) is 5.95 Å². The van der Waals surface area contributed by atoms with Crippen molar-refractivity contribution in [3.63, 3.8) is 0 Å². The van der Waals surface area contributed by atoms with Gasteiger partial charge in [0.05, 0.1) is 0 Å². The van der Waals surface area contributed by atoms with Gasteiger partial charge in [-0.25, -0.2) is 14.8 Å². The number of nitrogens with one attached hydrogen (secondary N) is 2. The number of anilines is 2. The second kappa shape index (κ2) is 7.77. The third kappa shape index (κ3) is 4.44. The molecule has 126 valence electrons. The molecule has 0 atom stereocenters. The molecule has 1 saturated heterocycles. The van der Waals surface area contributed by atoms with Gasteiger partial charge in [0.25, 0.3) is 0 Å². The molecule has 3 rings (SSSR count). The average molecular weight is 325 g/mol. The minimum Gasteiger partial charge on any atom is -0.341 e. The third-order valence-electron chi connectivity index (χ3n) is 4.31. The minimum absolute atomic E-state index is 0.146. The SMILES string of the molecule is Cc1ccc(NC(=O)NCC2CCN(c3ncccn3)CC2)cc1. The van der Waals surface area contributed by atoms with E-state index in [0.717, 1.165) is 37.6 Å². The molecule has 2 amide bonds. The topological polar surface area (TPSA) is 70.2 Å². The van der Waals surface area contributed by atoms with E-state index in [2.05, 4.69) is 25.5 Å². The van der Waals surface area contributed by atoms with Crippen molar-refractivity contribution in [2.45, 2.75) is 19.8 Å². The van der Waals surface area contributed by atoms with Crippen molar-refractivity contribution in [2.75, 3.05) is 29.9 Å². The van der Waals surface area contributed by atoms with Crippen LogP contribution in [0.2, 0.25) is 0 Å². The summed E-state index contributed by atoms with van der Waals surface area (Å²) in [6.45, 7) is 4.57. The molecule has 2 heterocycles.